The first-order chi connectivity index (χ1) is 10.8. The summed E-state index contributed by atoms with van der Waals surface area (Å²) in [6.07, 6.45) is 4.75. The average molecular weight is 316 g/mol. The Kier molecular flexibility index (Phi) is 5.11. The molecule has 22 heavy (non-hydrogen) atoms. The van der Waals surface area contributed by atoms with E-state index in [0.717, 1.165) is 25.3 Å². The van der Waals surface area contributed by atoms with Crippen molar-refractivity contribution in [1.82, 2.24) is 19.7 Å². The highest BCUT2D eigenvalue weighted by Crippen LogP contribution is 2.26. The van der Waals surface area contributed by atoms with Crippen molar-refractivity contribution >= 4 is 17.7 Å². The summed E-state index contributed by atoms with van der Waals surface area (Å²) >= 11 is 1.88. The fourth-order valence-corrected chi connectivity index (χ4v) is 3.69. The number of carbonyl (C=O) groups excluding carboxylic acids is 1. The lowest BCUT2D eigenvalue weighted by molar-refractivity contribution is -0.130. The Morgan fingerprint density at radius 1 is 1.32 bits per heavy atom. The third-order valence-corrected chi connectivity index (χ3v) is 5.13. The highest BCUT2D eigenvalue weighted by Gasteiger charge is 2.25. The first-order valence-electron chi connectivity index (χ1n) is 7.59. The fourth-order valence-electron chi connectivity index (χ4n) is 2.64. The lowest BCUT2D eigenvalue weighted by atomic mass is 10.2. The fraction of sp³-hybridized carbons (Fsp3) is 0.438. The zero-order chi connectivity index (χ0) is 15.2. The van der Waals surface area contributed by atoms with Gasteiger partial charge in [0.05, 0.1) is 6.54 Å². The number of rotatable bonds is 6. The standard InChI is InChI=1S/C16H20N4OS/c21-16(7-9-20-13-17-12-18-20)19-8-6-14(10-19)11-22-15-4-2-1-3-5-15/h1-5,12-14H,6-11H2/t14-/m0/s1. The summed E-state index contributed by atoms with van der Waals surface area (Å²) in [4.78, 5) is 19.4. The van der Waals surface area contributed by atoms with Gasteiger partial charge in [0, 0.05) is 30.2 Å². The minimum atomic E-state index is 0.225. The van der Waals surface area contributed by atoms with Crippen molar-refractivity contribution in [3.63, 3.8) is 0 Å². The second-order valence-electron chi connectivity index (χ2n) is 5.53. The van der Waals surface area contributed by atoms with Gasteiger partial charge < -0.3 is 4.90 Å². The number of likely N-dealkylation sites (tertiary alicyclic amines) is 1. The second-order valence-corrected chi connectivity index (χ2v) is 6.62. The van der Waals surface area contributed by atoms with E-state index < -0.39 is 0 Å². The van der Waals surface area contributed by atoms with Crippen LogP contribution in [0.25, 0.3) is 0 Å². The summed E-state index contributed by atoms with van der Waals surface area (Å²) in [6, 6.07) is 10.4. The molecule has 0 spiro atoms. The van der Waals surface area contributed by atoms with Crippen molar-refractivity contribution in [3.05, 3.63) is 43.0 Å². The Labute approximate surface area is 134 Å². The molecule has 1 aromatic heterocycles. The molecule has 0 saturated carbocycles. The Bertz CT molecular complexity index is 587. The highest BCUT2D eigenvalue weighted by molar-refractivity contribution is 7.99. The van der Waals surface area contributed by atoms with Crippen molar-refractivity contribution in [2.24, 2.45) is 5.92 Å². The first-order valence-corrected chi connectivity index (χ1v) is 8.58. The van der Waals surface area contributed by atoms with Crippen LogP contribution >= 0.6 is 11.8 Å². The van der Waals surface area contributed by atoms with Gasteiger partial charge in [-0.15, -0.1) is 11.8 Å². The maximum Gasteiger partial charge on any atom is 0.224 e. The van der Waals surface area contributed by atoms with Gasteiger partial charge in [0.15, 0.2) is 0 Å². The summed E-state index contributed by atoms with van der Waals surface area (Å²) in [6.45, 7) is 2.38. The Morgan fingerprint density at radius 3 is 2.95 bits per heavy atom. The molecule has 116 valence electrons. The van der Waals surface area contributed by atoms with E-state index in [1.54, 1.807) is 11.0 Å². The van der Waals surface area contributed by atoms with Gasteiger partial charge >= 0.3 is 0 Å². The molecule has 6 heteroatoms. The molecule has 1 aliphatic heterocycles. The Hall–Kier alpha value is -1.82. The van der Waals surface area contributed by atoms with Gasteiger partial charge in [-0.2, -0.15) is 5.10 Å². The average Bonchev–Trinajstić information content (AvgIpc) is 3.23. The zero-order valence-corrected chi connectivity index (χ0v) is 13.3. The van der Waals surface area contributed by atoms with Gasteiger partial charge in [0.1, 0.15) is 12.7 Å². The predicted octanol–water partition coefficient (Wildman–Crippen LogP) is 2.31. The summed E-state index contributed by atoms with van der Waals surface area (Å²) in [7, 11) is 0. The highest BCUT2D eigenvalue weighted by atomic mass is 32.2. The van der Waals surface area contributed by atoms with E-state index in [1.165, 1.54) is 11.2 Å². The van der Waals surface area contributed by atoms with Crippen LogP contribution in [0.15, 0.2) is 47.9 Å². The molecule has 0 N–H and O–H groups in total. The number of aryl methyl sites for hydroxylation is 1. The van der Waals surface area contributed by atoms with Crippen LogP contribution in [0, 0.1) is 5.92 Å². The summed E-state index contributed by atoms with van der Waals surface area (Å²) in [5.41, 5.74) is 0. The molecule has 1 aliphatic rings. The molecule has 2 heterocycles. The van der Waals surface area contributed by atoms with Crippen LogP contribution in [0.5, 0.6) is 0 Å². The van der Waals surface area contributed by atoms with Gasteiger partial charge in [0.25, 0.3) is 0 Å². The van der Waals surface area contributed by atoms with E-state index in [9.17, 15) is 4.79 Å². The molecule has 5 nitrogen and oxygen atoms in total. The molecule has 0 radical (unpaired) electrons. The summed E-state index contributed by atoms with van der Waals surface area (Å²) in [5, 5.41) is 4.02. The lowest BCUT2D eigenvalue weighted by Gasteiger charge is -2.16. The molecule has 0 aliphatic carbocycles. The van der Waals surface area contributed by atoms with Crippen molar-refractivity contribution in [1.29, 1.82) is 0 Å². The zero-order valence-electron chi connectivity index (χ0n) is 12.5. The minimum Gasteiger partial charge on any atom is -0.342 e. The van der Waals surface area contributed by atoms with Crippen molar-refractivity contribution in [2.75, 3.05) is 18.8 Å². The monoisotopic (exact) mass is 316 g/mol. The molecule has 1 amide bonds. The third-order valence-electron chi connectivity index (χ3n) is 3.89. The SMILES string of the molecule is O=C(CCn1cncn1)N1CC[C@H](CSc2ccccc2)C1. The van der Waals surface area contributed by atoms with Crippen molar-refractivity contribution in [3.8, 4) is 0 Å². The molecular weight excluding hydrogens is 296 g/mol. The topological polar surface area (TPSA) is 51.0 Å². The van der Waals surface area contributed by atoms with Gasteiger partial charge in [-0.1, -0.05) is 18.2 Å². The molecule has 0 unspecified atom stereocenters. The number of thioether (sulfide) groups is 1. The van der Waals surface area contributed by atoms with Gasteiger partial charge in [-0.05, 0) is 24.5 Å². The Morgan fingerprint density at radius 2 is 2.18 bits per heavy atom. The number of hydrogen-bond donors (Lipinski definition) is 0. The van der Waals surface area contributed by atoms with Crippen molar-refractivity contribution in [2.45, 2.75) is 24.3 Å². The largest absolute Gasteiger partial charge is 0.342 e. The number of amides is 1. The number of aromatic nitrogens is 3. The second kappa shape index (κ2) is 7.45. The van der Waals surface area contributed by atoms with Crippen molar-refractivity contribution < 1.29 is 4.79 Å². The Balaban J connectivity index is 1.40. The van der Waals surface area contributed by atoms with Crippen LogP contribution in [0.3, 0.4) is 0 Å². The first kappa shape index (κ1) is 15.1. The number of nitrogens with zero attached hydrogens (tertiary/aromatic N) is 4. The van der Waals surface area contributed by atoms with E-state index in [4.69, 9.17) is 0 Å². The number of benzene rings is 1. The van der Waals surface area contributed by atoms with Crippen LogP contribution in [-0.2, 0) is 11.3 Å². The van der Waals surface area contributed by atoms with E-state index in [2.05, 4.69) is 34.3 Å². The molecular formula is C16H20N4OS. The van der Waals surface area contributed by atoms with Crippen LogP contribution in [0.2, 0.25) is 0 Å². The van der Waals surface area contributed by atoms with Gasteiger partial charge in [-0.25, -0.2) is 4.98 Å². The summed E-state index contributed by atoms with van der Waals surface area (Å²) in [5.74, 6) is 1.90. The maximum atomic E-state index is 12.2. The quantitative estimate of drug-likeness (QED) is 0.768. The molecule has 1 aromatic carbocycles. The predicted molar refractivity (Wildman–Crippen MR) is 86.5 cm³/mol. The van der Waals surface area contributed by atoms with Crippen LogP contribution < -0.4 is 0 Å². The number of carbonyl (C=O) groups is 1. The molecule has 0 bridgehead atoms. The van der Waals surface area contributed by atoms with E-state index in [-0.39, 0.29) is 5.91 Å². The van der Waals surface area contributed by atoms with E-state index in [1.807, 2.05) is 22.7 Å². The van der Waals surface area contributed by atoms with Crippen LogP contribution in [0.1, 0.15) is 12.8 Å². The summed E-state index contributed by atoms with van der Waals surface area (Å²) < 4.78 is 1.71. The lowest BCUT2D eigenvalue weighted by Crippen LogP contribution is -2.29. The number of hydrogen-bond acceptors (Lipinski definition) is 4. The third kappa shape index (κ3) is 4.10. The van der Waals surface area contributed by atoms with Crippen LogP contribution in [-0.4, -0.2) is 44.4 Å². The van der Waals surface area contributed by atoms with Gasteiger partial charge in [-0.3, -0.25) is 9.48 Å². The van der Waals surface area contributed by atoms with E-state index >= 15 is 0 Å². The molecule has 3 rings (SSSR count). The minimum absolute atomic E-state index is 0.225. The normalized spacial score (nSPS) is 17.8. The van der Waals surface area contributed by atoms with E-state index in [0.29, 0.717) is 18.9 Å². The molecule has 1 fully saturated rings. The van der Waals surface area contributed by atoms with Crippen LogP contribution in [0.4, 0.5) is 0 Å². The maximum absolute atomic E-state index is 12.2. The molecule has 1 saturated heterocycles. The smallest absolute Gasteiger partial charge is 0.224 e. The molecule has 2 aromatic rings. The van der Waals surface area contributed by atoms with Gasteiger partial charge in [0.2, 0.25) is 5.91 Å². The molecule has 1 atom stereocenters.